The van der Waals surface area contributed by atoms with Crippen molar-refractivity contribution in [3.8, 4) is 0 Å². The summed E-state index contributed by atoms with van der Waals surface area (Å²) in [6.45, 7) is 1.93. The maximum atomic E-state index is 11.0. The van der Waals surface area contributed by atoms with E-state index in [0.29, 0.717) is 0 Å². The SMILES string of the molecule is CCOC(=O)[C@H]1SC(N)=NC1=O. The molecule has 1 atom stereocenters. The van der Waals surface area contributed by atoms with E-state index in [0.717, 1.165) is 11.8 Å². The van der Waals surface area contributed by atoms with Crippen molar-refractivity contribution in [3.63, 3.8) is 0 Å². The molecule has 6 heteroatoms. The Balaban J connectivity index is 2.57. The molecule has 0 aliphatic carbocycles. The predicted octanol–water partition coefficient (Wildman–Crippen LogP) is -0.494. The van der Waals surface area contributed by atoms with Crippen LogP contribution in [0, 0.1) is 0 Å². The van der Waals surface area contributed by atoms with Gasteiger partial charge in [0.15, 0.2) is 10.4 Å². The van der Waals surface area contributed by atoms with Crippen molar-refractivity contribution >= 4 is 28.8 Å². The summed E-state index contributed by atoms with van der Waals surface area (Å²) in [6.07, 6.45) is 0. The number of carbonyl (C=O) groups excluding carboxylic acids is 2. The first-order chi connectivity index (χ1) is 5.65. The molecule has 0 radical (unpaired) electrons. The molecule has 0 bridgehead atoms. The number of esters is 1. The summed E-state index contributed by atoms with van der Waals surface area (Å²) in [7, 11) is 0. The van der Waals surface area contributed by atoms with Gasteiger partial charge in [-0.25, -0.2) is 0 Å². The second-order valence-corrected chi connectivity index (χ2v) is 3.16. The van der Waals surface area contributed by atoms with Gasteiger partial charge in [-0.15, -0.1) is 0 Å². The third kappa shape index (κ3) is 1.76. The standard InChI is InChI=1S/C6H8N2O3S/c1-2-11-5(10)3-4(9)8-6(7)12-3/h3H,2H2,1H3,(H2,7,8,9)/t3-/m0/s1. The third-order valence-electron chi connectivity index (χ3n) is 1.18. The van der Waals surface area contributed by atoms with Crippen LogP contribution in [0.3, 0.4) is 0 Å². The molecule has 1 aliphatic rings. The zero-order valence-corrected chi connectivity index (χ0v) is 7.26. The summed E-state index contributed by atoms with van der Waals surface area (Å²) in [5, 5.41) is -0.761. The highest BCUT2D eigenvalue weighted by Crippen LogP contribution is 2.20. The van der Waals surface area contributed by atoms with Crippen molar-refractivity contribution in [2.24, 2.45) is 10.7 Å². The first kappa shape index (κ1) is 9.05. The zero-order valence-electron chi connectivity index (χ0n) is 6.44. The number of aliphatic imine (C=N–C) groups is 1. The quantitative estimate of drug-likeness (QED) is 0.467. The molecular formula is C6H8N2O3S. The van der Waals surface area contributed by atoms with Crippen LogP contribution < -0.4 is 5.73 Å². The number of nitrogens with zero attached hydrogens (tertiary/aromatic N) is 1. The van der Waals surface area contributed by atoms with Crippen LogP contribution in [0.15, 0.2) is 4.99 Å². The molecule has 12 heavy (non-hydrogen) atoms. The van der Waals surface area contributed by atoms with E-state index in [2.05, 4.69) is 9.73 Å². The Bertz CT molecular complexity index is 251. The van der Waals surface area contributed by atoms with Crippen molar-refractivity contribution < 1.29 is 14.3 Å². The lowest BCUT2D eigenvalue weighted by Crippen LogP contribution is -2.25. The van der Waals surface area contributed by atoms with Gasteiger partial charge in [-0.2, -0.15) is 4.99 Å². The first-order valence-electron chi connectivity index (χ1n) is 3.36. The zero-order chi connectivity index (χ0) is 9.14. The van der Waals surface area contributed by atoms with Gasteiger partial charge < -0.3 is 10.5 Å². The van der Waals surface area contributed by atoms with Gasteiger partial charge in [-0.3, -0.25) is 9.59 Å². The van der Waals surface area contributed by atoms with E-state index in [9.17, 15) is 9.59 Å². The smallest absolute Gasteiger partial charge is 0.329 e. The van der Waals surface area contributed by atoms with Crippen LogP contribution in [-0.4, -0.2) is 28.9 Å². The third-order valence-corrected chi connectivity index (χ3v) is 2.15. The van der Waals surface area contributed by atoms with E-state index in [-0.39, 0.29) is 11.8 Å². The molecule has 2 N–H and O–H groups in total. The average molecular weight is 188 g/mol. The van der Waals surface area contributed by atoms with Crippen molar-refractivity contribution in [2.75, 3.05) is 6.61 Å². The fraction of sp³-hybridized carbons (Fsp3) is 0.500. The molecule has 66 valence electrons. The van der Waals surface area contributed by atoms with E-state index < -0.39 is 17.1 Å². The summed E-state index contributed by atoms with van der Waals surface area (Å²) in [5.41, 5.74) is 5.23. The Morgan fingerprint density at radius 1 is 1.83 bits per heavy atom. The molecule has 0 saturated carbocycles. The summed E-state index contributed by atoms with van der Waals surface area (Å²) >= 11 is 0.925. The topological polar surface area (TPSA) is 81.8 Å². The highest BCUT2D eigenvalue weighted by atomic mass is 32.2. The number of rotatable bonds is 2. The highest BCUT2D eigenvalue weighted by molar-refractivity contribution is 8.16. The van der Waals surface area contributed by atoms with Crippen molar-refractivity contribution in [3.05, 3.63) is 0 Å². The van der Waals surface area contributed by atoms with Crippen LogP contribution in [0.2, 0.25) is 0 Å². The largest absolute Gasteiger partial charge is 0.465 e. The molecule has 0 saturated heterocycles. The molecule has 0 aromatic rings. The fourth-order valence-electron chi connectivity index (χ4n) is 0.732. The second kappa shape index (κ2) is 3.57. The minimum atomic E-state index is -0.884. The maximum absolute atomic E-state index is 11.0. The minimum absolute atomic E-state index is 0.123. The molecule has 1 heterocycles. The normalized spacial score (nSPS) is 22.2. The lowest BCUT2D eigenvalue weighted by molar-refractivity contribution is -0.144. The number of carbonyl (C=O) groups is 2. The van der Waals surface area contributed by atoms with Crippen molar-refractivity contribution in [1.82, 2.24) is 0 Å². The number of amidine groups is 1. The molecule has 1 rings (SSSR count). The number of hydrogen-bond acceptors (Lipinski definition) is 5. The highest BCUT2D eigenvalue weighted by Gasteiger charge is 2.34. The van der Waals surface area contributed by atoms with Gasteiger partial charge in [0.25, 0.3) is 5.91 Å². The van der Waals surface area contributed by atoms with Gasteiger partial charge in [-0.05, 0) is 6.92 Å². The molecular weight excluding hydrogens is 180 g/mol. The molecule has 0 fully saturated rings. The Labute approximate surface area is 73.4 Å². The Hall–Kier alpha value is -1.04. The summed E-state index contributed by atoms with van der Waals surface area (Å²) in [5.74, 6) is -1.10. The predicted molar refractivity (Wildman–Crippen MR) is 44.6 cm³/mol. The summed E-state index contributed by atoms with van der Waals surface area (Å²) in [4.78, 5) is 25.3. The maximum Gasteiger partial charge on any atom is 0.329 e. The van der Waals surface area contributed by atoms with E-state index in [1.165, 1.54) is 0 Å². The lowest BCUT2D eigenvalue weighted by atomic mass is 10.4. The van der Waals surface area contributed by atoms with Crippen LogP contribution in [-0.2, 0) is 14.3 Å². The van der Waals surface area contributed by atoms with Gasteiger partial charge >= 0.3 is 5.97 Å². The second-order valence-electron chi connectivity index (χ2n) is 2.04. The monoisotopic (exact) mass is 188 g/mol. The van der Waals surface area contributed by atoms with Gasteiger partial charge in [0.2, 0.25) is 0 Å². The molecule has 1 amide bonds. The van der Waals surface area contributed by atoms with Crippen LogP contribution in [0.5, 0.6) is 0 Å². The van der Waals surface area contributed by atoms with Crippen molar-refractivity contribution in [2.45, 2.75) is 12.2 Å². The Kier molecular flexibility index (Phi) is 2.69. The summed E-state index contributed by atoms with van der Waals surface area (Å²) in [6, 6.07) is 0. The lowest BCUT2D eigenvalue weighted by Gasteiger charge is -2.04. The van der Waals surface area contributed by atoms with Gasteiger partial charge in [-0.1, -0.05) is 11.8 Å². The van der Waals surface area contributed by atoms with E-state index in [1.807, 2.05) is 0 Å². The molecule has 1 aliphatic heterocycles. The van der Waals surface area contributed by atoms with E-state index in [4.69, 9.17) is 5.73 Å². The van der Waals surface area contributed by atoms with Crippen LogP contribution in [0.25, 0.3) is 0 Å². The van der Waals surface area contributed by atoms with Crippen LogP contribution in [0.1, 0.15) is 6.92 Å². The fourth-order valence-corrected chi connectivity index (χ4v) is 1.43. The van der Waals surface area contributed by atoms with E-state index >= 15 is 0 Å². The van der Waals surface area contributed by atoms with Gasteiger partial charge in [0.05, 0.1) is 6.61 Å². The molecule has 0 spiro atoms. The van der Waals surface area contributed by atoms with Crippen LogP contribution in [0.4, 0.5) is 0 Å². The molecule has 0 aromatic heterocycles. The molecule has 0 aromatic carbocycles. The molecule has 5 nitrogen and oxygen atoms in total. The molecule has 0 unspecified atom stereocenters. The number of ether oxygens (including phenoxy) is 1. The number of thioether (sulfide) groups is 1. The number of nitrogens with two attached hydrogens (primary N) is 1. The van der Waals surface area contributed by atoms with Gasteiger partial charge in [0, 0.05) is 0 Å². The minimum Gasteiger partial charge on any atom is -0.465 e. The van der Waals surface area contributed by atoms with Crippen molar-refractivity contribution in [1.29, 1.82) is 0 Å². The number of hydrogen-bond donors (Lipinski definition) is 1. The summed E-state index contributed by atoms with van der Waals surface area (Å²) < 4.78 is 4.64. The van der Waals surface area contributed by atoms with Gasteiger partial charge in [0.1, 0.15) is 0 Å². The van der Waals surface area contributed by atoms with E-state index in [1.54, 1.807) is 6.92 Å². The Morgan fingerprint density at radius 2 is 2.50 bits per heavy atom. The average Bonchev–Trinajstić information content (AvgIpc) is 2.30. The first-order valence-corrected chi connectivity index (χ1v) is 4.24. The van der Waals surface area contributed by atoms with Crippen LogP contribution >= 0.6 is 11.8 Å². The Morgan fingerprint density at radius 3 is 2.92 bits per heavy atom. The number of amides is 1.